The fourth-order valence-electron chi connectivity index (χ4n) is 4.36. The number of rotatable bonds is 2. The van der Waals surface area contributed by atoms with E-state index in [-0.39, 0.29) is 5.41 Å². The summed E-state index contributed by atoms with van der Waals surface area (Å²) < 4.78 is 0. The monoisotopic (exact) mass is 263 g/mol. The van der Waals surface area contributed by atoms with Gasteiger partial charge in [-0.05, 0) is 43.0 Å². The highest BCUT2D eigenvalue weighted by Gasteiger charge is 2.48. The molecule has 0 amide bonds. The van der Waals surface area contributed by atoms with Gasteiger partial charge in [0.1, 0.15) is 0 Å². The van der Waals surface area contributed by atoms with E-state index in [1.807, 2.05) is 0 Å². The van der Waals surface area contributed by atoms with E-state index in [9.17, 15) is 0 Å². The maximum atomic E-state index is 2.65. The molecule has 0 atom stereocenters. The Morgan fingerprint density at radius 2 is 1.25 bits per heavy atom. The van der Waals surface area contributed by atoms with Crippen molar-refractivity contribution in [2.45, 2.75) is 18.3 Å². The summed E-state index contributed by atoms with van der Waals surface area (Å²) in [6, 6.07) is 22.3. The number of hydrogen-bond donors (Lipinski definition) is 0. The Kier molecular flexibility index (Phi) is 2.89. The van der Waals surface area contributed by atoms with Crippen LogP contribution in [0.2, 0.25) is 0 Å². The highest BCUT2D eigenvalue weighted by Crippen LogP contribution is 2.48. The fraction of sp³-hybridized carbons (Fsp3) is 0.368. The van der Waals surface area contributed by atoms with Crippen LogP contribution >= 0.6 is 0 Å². The Hall–Kier alpha value is -1.60. The van der Waals surface area contributed by atoms with Crippen molar-refractivity contribution in [2.24, 2.45) is 5.92 Å². The molecule has 102 valence electrons. The average molecular weight is 263 g/mol. The van der Waals surface area contributed by atoms with Gasteiger partial charge in [0.05, 0.1) is 0 Å². The van der Waals surface area contributed by atoms with Gasteiger partial charge < -0.3 is 4.90 Å². The van der Waals surface area contributed by atoms with E-state index in [0.29, 0.717) is 0 Å². The molecule has 0 spiro atoms. The topological polar surface area (TPSA) is 3.24 Å². The minimum Gasteiger partial charge on any atom is -0.302 e. The second-order valence-electron chi connectivity index (χ2n) is 6.25. The predicted octanol–water partition coefficient (Wildman–Crippen LogP) is 3.70. The van der Waals surface area contributed by atoms with Crippen LogP contribution in [0, 0.1) is 5.92 Å². The second kappa shape index (κ2) is 4.75. The zero-order chi connectivity index (χ0) is 13.4. The van der Waals surface area contributed by atoms with Crippen molar-refractivity contribution >= 4 is 0 Å². The van der Waals surface area contributed by atoms with Crippen molar-refractivity contribution in [3.8, 4) is 0 Å². The first-order chi connectivity index (χ1) is 9.89. The molecule has 0 unspecified atom stereocenters. The Bertz CT molecular complexity index is 528. The highest BCUT2D eigenvalue weighted by atomic mass is 15.2. The largest absolute Gasteiger partial charge is 0.302 e. The molecule has 1 nitrogen and oxygen atoms in total. The standard InChI is InChI=1S/C19H21N/c1-3-7-16(8-4-1)19(17-9-5-2-6-10-17)15-20-13-11-18(19)12-14-20/h1-10,18H,11-15H2. The van der Waals surface area contributed by atoms with E-state index in [0.717, 1.165) is 5.92 Å². The van der Waals surface area contributed by atoms with Gasteiger partial charge in [0.15, 0.2) is 0 Å². The van der Waals surface area contributed by atoms with Crippen LogP contribution in [0.5, 0.6) is 0 Å². The van der Waals surface area contributed by atoms with Gasteiger partial charge in [-0.15, -0.1) is 0 Å². The van der Waals surface area contributed by atoms with Crippen LogP contribution in [0.25, 0.3) is 0 Å². The highest BCUT2D eigenvalue weighted by molar-refractivity contribution is 5.42. The van der Waals surface area contributed by atoms with Crippen molar-refractivity contribution in [1.82, 2.24) is 4.90 Å². The molecule has 1 heteroatoms. The third kappa shape index (κ3) is 1.73. The summed E-state index contributed by atoms with van der Waals surface area (Å²) >= 11 is 0. The van der Waals surface area contributed by atoms with Crippen molar-refractivity contribution in [3.05, 3.63) is 71.8 Å². The zero-order valence-corrected chi connectivity index (χ0v) is 11.8. The molecule has 2 aromatic carbocycles. The first-order valence-corrected chi connectivity index (χ1v) is 7.73. The number of benzene rings is 2. The Morgan fingerprint density at radius 1 is 0.750 bits per heavy atom. The van der Waals surface area contributed by atoms with Crippen molar-refractivity contribution in [3.63, 3.8) is 0 Å². The quantitative estimate of drug-likeness (QED) is 0.798. The molecule has 20 heavy (non-hydrogen) atoms. The third-order valence-corrected chi connectivity index (χ3v) is 5.34. The van der Waals surface area contributed by atoms with E-state index in [4.69, 9.17) is 0 Å². The van der Waals surface area contributed by atoms with Gasteiger partial charge in [0.25, 0.3) is 0 Å². The normalized spacial score (nSPS) is 27.4. The summed E-state index contributed by atoms with van der Waals surface area (Å²) in [5, 5.41) is 0. The minimum atomic E-state index is 0.207. The van der Waals surface area contributed by atoms with Gasteiger partial charge in [0, 0.05) is 12.0 Å². The van der Waals surface area contributed by atoms with Crippen LogP contribution in [-0.4, -0.2) is 24.5 Å². The Labute approximate surface area is 121 Å². The maximum Gasteiger partial charge on any atom is 0.0358 e. The molecule has 0 aromatic heterocycles. The Morgan fingerprint density at radius 3 is 1.65 bits per heavy atom. The fourth-order valence-corrected chi connectivity index (χ4v) is 4.36. The van der Waals surface area contributed by atoms with E-state index < -0.39 is 0 Å². The Balaban J connectivity index is 1.90. The van der Waals surface area contributed by atoms with Crippen LogP contribution in [0.15, 0.2) is 60.7 Å². The molecule has 3 saturated heterocycles. The predicted molar refractivity (Wildman–Crippen MR) is 82.8 cm³/mol. The molecule has 3 heterocycles. The smallest absolute Gasteiger partial charge is 0.0358 e. The molecule has 3 fully saturated rings. The lowest BCUT2D eigenvalue weighted by Crippen LogP contribution is -2.57. The SMILES string of the molecule is c1ccc(C2(c3ccccc3)CN3CCC2CC3)cc1. The molecular formula is C19H21N. The lowest BCUT2D eigenvalue weighted by Gasteiger charge is -2.54. The molecule has 5 rings (SSSR count). The summed E-state index contributed by atoms with van der Waals surface area (Å²) in [6.45, 7) is 3.75. The van der Waals surface area contributed by atoms with Gasteiger partial charge in [0.2, 0.25) is 0 Å². The molecule has 0 aliphatic carbocycles. The van der Waals surface area contributed by atoms with Gasteiger partial charge >= 0.3 is 0 Å². The number of piperidine rings is 3. The van der Waals surface area contributed by atoms with Gasteiger partial charge in [-0.25, -0.2) is 0 Å². The van der Waals surface area contributed by atoms with E-state index in [1.165, 1.54) is 43.6 Å². The molecule has 0 radical (unpaired) electrons. The van der Waals surface area contributed by atoms with Crippen molar-refractivity contribution in [2.75, 3.05) is 19.6 Å². The summed E-state index contributed by atoms with van der Waals surface area (Å²) in [4.78, 5) is 2.65. The molecule has 2 aromatic rings. The summed E-state index contributed by atoms with van der Waals surface area (Å²) in [5.41, 5.74) is 3.21. The molecule has 3 aliphatic heterocycles. The lowest BCUT2D eigenvalue weighted by molar-refractivity contribution is 0.0451. The summed E-state index contributed by atoms with van der Waals surface area (Å²) in [7, 11) is 0. The van der Waals surface area contributed by atoms with Gasteiger partial charge in [-0.2, -0.15) is 0 Å². The van der Waals surface area contributed by atoms with E-state index in [1.54, 1.807) is 0 Å². The maximum absolute atomic E-state index is 2.65. The summed E-state index contributed by atoms with van der Waals surface area (Å²) in [5.74, 6) is 0.789. The van der Waals surface area contributed by atoms with Crippen LogP contribution < -0.4 is 0 Å². The summed E-state index contributed by atoms with van der Waals surface area (Å²) in [6.07, 6.45) is 2.67. The van der Waals surface area contributed by atoms with Crippen LogP contribution in [-0.2, 0) is 5.41 Å². The van der Waals surface area contributed by atoms with Crippen molar-refractivity contribution in [1.29, 1.82) is 0 Å². The zero-order valence-electron chi connectivity index (χ0n) is 11.8. The molecule has 3 aliphatic rings. The van der Waals surface area contributed by atoms with Crippen molar-refractivity contribution < 1.29 is 0 Å². The lowest BCUT2D eigenvalue weighted by atomic mass is 9.59. The average Bonchev–Trinajstić information content (AvgIpc) is 2.57. The van der Waals surface area contributed by atoms with Gasteiger partial charge in [-0.3, -0.25) is 0 Å². The number of nitrogens with zero attached hydrogens (tertiary/aromatic N) is 1. The molecule has 0 saturated carbocycles. The molecule has 0 N–H and O–H groups in total. The van der Waals surface area contributed by atoms with Crippen LogP contribution in [0.4, 0.5) is 0 Å². The van der Waals surface area contributed by atoms with Crippen LogP contribution in [0.3, 0.4) is 0 Å². The first kappa shape index (κ1) is 12.2. The molecular weight excluding hydrogens is 242 g/mol. The number of hydrogen-bond acceptors (Lipinski definition) is 1. The number of fused-ring (bicyclic) bond motifs is 3. The minimum absolute atomic E-state index is 0.207. The van der Waals surface area contributed by atoms with Gasteiger partial charge in [-0.1, -0.05) is 60.7 Å². The third-order valence-electron chi connectivity index (χ3n) is 5.34. The van der Waals surface area contributed by atoms with E-state index in [2.05, 4.69) is 65.6 Å². The van der Waals surface area contributed by atoms with E-state index >= 15 is 0 Å². The molecule has 2 bridgehead atoms. The second-order valence-corrected chi connectivity index (χ2v) is 6.25. The first-order valence-electron chi connectivity index (χ1n) is 7.73. The van der Waals surface area contributed by atoms with Crippen LogP contribution in [0.1, 0.15) is 24.0 Å².